The average molecular weight is 265 g/mol. The zero-order chi connectivity index (χ0) is 13.9. The van der Waals surface area contributed by atoms with E-state index in [-0.39, 0.29) is 0 Å². The Hall–Kier alpha value is -2.62. The van der Waals surface area contributed by atoms with Gasteiger partial charge >= 0.3 is 0 Å². The molecule has 20 heavy (non-hydrogen) atoms. The van der Waals surface area contributed by atoms with Gasteiger partial charge in [-0.1, -0.05) is 29.8 Å². The first kappa shape index (κ1) is 12.4. The Balaban J connectivity index is 1.91. The van der Waals surface area contributed by atoms with Gasteiger partial charge in [0.1, 0.15) is 12.1 Å². The number of rotatable bonds is 3. The number of ether oxygens (including phenoxy) is 1. The summed E-state index contributed by atoms with van der Waals surface area (Å²) in [7, 11) is 1.65. The standard InChI is InChI=1S/C16H15N3O/c1-12-3-5-13(6-4-12)16-17-11-19(18-16)14-7-9-15(20-2)10-8-14/h3-11H,1-2H3. The van der Waals surface area contributed by atoms with E-state index in [1.165, 1.54) is 5.56 Å². The lowest BCUT2D eigenvalue weighted by Gasteiger charge is -2.02. The van der Waals surface area contributed by atoms with Crippen molar-refractivity contribution in [2.75, 3.05) is 7.11 Å². The molecule has 1 heterocycles. The first-order chi connectivity index (χ1) is 9.76. The highest BCUT2D eigenvalue weighted by Gasteiger charge is 2.05. The highest BCUT2D eigenvalue weighted by atomic mass is 16.5. The van der Waals surface area contributed by atoms with Crippen molar-refractivity contribution in [3.8, 4) is 22.8 Å². The zero-order valence-electron chi connectivity index (χ0n) is 11.4. The van der Waals surface area contributed by atoms with E-state index in [1.807, 2.05) is 36.4 Å². The molecule has 4 nitrogen and oxygen atoms in total. The number of hydrogen-bond acceptors (Lipinski definition) is 3. The molecule has 3 rings (SSSR count). The fraction of sp³-hybridized carbons (Fsp3) is 0.125. The zero-order valence-corrected chi connectivity index (χ0v) is 11.4. The smallest absolute Gasteiger partial charge is 0.181 e. The van der Waals surface area contributed by atoms with Crippen LogP contribution in [0, 0.1) is 6.92 Å². The van der Waals surface area contributed by atoms with Crippen LogP contribution in [0.3, 0.4) is 0 Å². The van der Waals surface area contributed by atoms with Gasteiger partial charge in [-0.05, 0) is 31.2 Å². The Labute approximate surface area is 117 Å². The minimum Gasteiger partial charge on any atom is -0.497 e. The number of hydrogen-bond donors (Lipinski definition) is 0. The van der Waals surface area contributed by atoms with Crippen LogP contribution in [0.15, 0.2) is 54.9 Å². The largest absolute Gasteiger partial charge is 0.497 e. The molecular formula is C16H15N3O. The second kappa shape index (κ2) is 5.17. The van der Waals surface area contributed by atoms with Crippen molar-refractivity contribution in [1.29, 1.82) is 0 Å². The summed E-state index contributed by atoms with van der Waals surface area (Å²) in [5.74, 6) is 1.55. The number of nitrogens with zero attached hydrogens (tertiary/aromatic N) is 3. The van der Waals surface area contributed by atoms with Crippen molar-refractivity contribution in [2.24, 2.45) is 0 Å². The van der Waals surface area contributed by atoms with Crippen LogP contribution in [0.2, 0.25) is 0 Å². The van der Waals surface area contributed by atoms with Gasteiger partial charge in [0.15, 0.2) is 5.82 Å². The molecule has 0 spiro atoms. The summed E-state index contributed by atoms with van der Waals surface area (Å²) in [6.07, 6.45) is 1.72. The molecule has 0 unspecified atom stereocenters. The molecular weight excluding hydrogens is 250 g/mol. The monoisotopic (exact) mass is 265 g/mol. The van der Waals surface area contributed by atoms with E-state index >= 15 is 0 Å². The van der Waals surface area contributed by atoms with E-state index in [1.54, 1.807) is 18.1 Å². The highest BCUT2D eigenvalue weighted by molar-refractivity contribution is 5.55. The summed E-state index contributed by atoms with van der Waals surface area (Å²) in [5, 5.41) is 4.50. The van der Waals surface area contributed by atoms with Crippen molar-refractivity contribution in [1.82, 2.24) is 14.8 Å². The van der Waals surface area contributed by atoms with E-state index in [4.69, 9.17) is 4.74 Å². The van der Waals surface area contributed by atoms with Gasteiger partial charge in [0.2, 0.25) is 0 Å². The number of benzene rings is 2. The third kappa shape index (κ3) is 2.40. The molecule has 4 heteroatoms. The van der Waals surface area contributed by atoms with Crippen LogP contribution in [0.4, 0.5) is 0 Å². The maximum atomic E-state index is 5.15. The van der Waals surface area contributed by atoms with E-state index < -0.39 is 0 Å². The lowest BCUT2D eigenvalue weighted by atomic mass is 10.1. The van der Waals surface area contributed by atoms with Crippen LogP contribution in [0.1, 0.15) is 5.56 Å². The SMILES string of the molecule is COc1ccc(-n2cnc(-c3ccc(C)cc3)n2)cc1. The average Bonchev–Trinajstić information content (AvgIpc) is 2.98. The van der Waals surface area contributed by atoms with Crippen LogP contribution < -0.4 is 4.74 Å². The van der Waals surface area contributed by atoms with Gasteiger partial charge in [-0.2, -0.15) is 0 Å². The highest BCUT2D eigenvalue weighted by Crippen LogP contribution is 2.18. The van der Waals surface area contributed by atoms with Crippen LogP contribution in [-0.4, -0.2) is 21.9 Å². The summed E-state index contributed by atoms with van der Waals surface area (Å²) in [5.41, 5.74) is 3.20. The first-order valence-electron chi connectivity index (χ1n) is 6.39. The Morgan fingerprint density at radius 1 is 0.950 bits per heavy atom. The Morgan fingerprint density at radius 3 is 2.30 bits per heavy atom. The first-order valence-corrected chi connectivity index (χ1v) is 6.39. The van der Waals surface area contributed by atoms with Gasteiger partial charge in [0, 0.05) is 5.56 Å². The quantitative estimate of drug-likeness (QED) is 0.729. The molecule has 0 aliphatic carbocycles. The molecule has 0 saturated heterocycles. The molecule has 0 aliphatic heterocycles. The number of methoxy groups -OCH3 is 1. The van der Waals surface area contributed by atoms with Crippen LogP contribution in [0.5, 0.6) is 5.75 Å². The van der Waals surface area contributed by atoms with Crippen molar-refractivity contribution < 1.29 is 4.74 Å². The van der Waals surface area contributed by atoms with Crippen molar-refractivity contribution in [3.63, 3.8) is 0 Å². The second-order valence-electron chi connectivity index (χ2n) is 4.58. The maximum absolute atomic E-state index is 5.15. The number of aromatic nitrogens is 3. The van der Waals surface area contributed by atoms with Gasteiger partial charge in [-0.15, -0.1) is 5.10 Å². The Kier molecular flexibility index (Phi) is 3.21. The summed E-state index contributed by atoms with van der Waals surface area (Å²) in [4.78, 5) is 4.36. The summed E-state index contributed by atoms with van der Waals surface area (Å²) in [6, 6.07) is 15.9. The maximum Gasteiger partial charge on any atom is 0.181 e. The van der Waals surface area contributed by atoms with E-state index in [2.05, 4.69) is 29.1 Å². The van der Waals surface area contributed by atoms with Crippen LogP contribution in [-0.2, 0) is 0 Å². The third-order valence-corrected chi connectivity index (χ3v) is 3.14. The Bertz CT molecular complexity index is 699. The summed E-state index contributed by atoms with van der Waals surface area (Å²) >= 11 is 0. The molecule has 0 saturated carbocycles. The van der Waals surface area contributed by atoms with Gasteiger partial charge in [-0.3, -0.25) is 0 Å². The minimum atomic E-state index is 0.723. The molecule has 0 fully saturated rings. The second-order valence-corrected chi connectivity index (χ2v) is 4.58. The molecule has 1 aromatic heterocycles. The fourth-order valence-corrected chi connectivity index (χ4v) is 1.96. The van der Waals surface area contributed by atoms with E-state index in [0.717, 1.165) is 22.8 Å². The summed E-state index contributed by atoms with van der Waals surface area (Å²) in [6.45, 7) is 2.06. The predicted molar refractivity (Wildman–Crippen MR) is 78.1 cm³/mol. The van der Waals surface area contributed by atoms with Crippen LogP contribution >= 0.6 is 0 Å². The molecule has 2 aromatic carbocycles. The molecule has 0 amide bonds. The van der Waals surface area contributed by atoms with E-state index in [9.17, 15) is 0 Å². The van der Waals surface area contributed by atoms with E-state index in [0.29, 0.717) is 0 Å². The van der Waals surface area contributed by atoms with Gasteiger partial charge in [0.05, 0.1) is 12.8 Å². The van der Waals surface area contributed by atoms with Gasteiger partial charge < -0.3 is 4.74 Å². The lowest BCUT2D eigenvalue weighted by Crippen LogP contribution is -1.95. The van der Waals surface area contributed by atoms with Gasteiger partial charge in [0.25, 0.3) is 0 Å². The molecule has 3 aromatic rings. The summed E-state index contributed by atoms with van der Waals surface area (Å²) < 4.78 is 6.90. The molecule has 0 atom stereocenters. The molecule has 100 valence electrons. The predicted octanol–water partition coefficient (Wildman–Crippen LogP) is 3.25. The Morgan fingerprint density at radius 2 is 1.65 bits per heavy atom. The van der Waals surface area contributed by atoms with Crippen LogP contribution in [0.25, 0.3) is 17.1 Å². The minimum absolute atomic E-state index is 0.723. The molecule has 0 radical (unpaired) electrons. The van der Waals surface area contributed by atoms with Crippen molar-refractivity contribution >= 4 is 0 Å². The van der Waals surface area contributed by atoms with Crippen molar-refractivity contribution in [3.05, 3.63) is 60.4 Å². The number of aryl methyl sites for hydroxylation is 1. The molecule has 0 aliphatic rings. The third-order valence-electron chi connectivity index (χ3n) is 3.14. The van der Waals surface area contributed by atoms with Gasteiger partial charge in [-0.25, -0.2) is 9.67 Å². The lowest BCUT2D eigenvalue weighted by molar-refractivity contribution is 0.414. The van der Waals surface area contributed by atoms with Crippen molar-refractivity contribution in [2.45, 2.75) is 6.92 Å². The fourth-order valence-electron chi connectivity index (χ4n) is 1.96. The topological polar surface area (TPSA) is 39.9 Å². The normalized spacial score (nSPS) is 10.5. The molecule has 0 bridgehead atoms. The molecule has 0 N–H and O–H groups in total.